The second-order valence-electron chi connectivity index (χ2n) is 7.11. The van der Waals surface area contributed by atoms with Crippen molar-refractivity contribution in [3.63, 3.8) is 0 Å². The summed E-state index contributed by atoms with van der Waals surface area (Å²) in [6.07, 6.45) is 0.00523. The van der Waals surface area contributed by atoms with Gasteiger partial charge in [0.25, 0.3) is 0 Å². The number of aryl methyl sites for hydroxylation is 1. The zero-order chi connectivity index (χ0) is 17.0. The molecule has 1 aliphatic heterocycles. The summed E-state index contributed by atoms with van der Waals surface area (Å²) < 4.78 is 11.2. The van der Waals surface area contributed by atoms with Gasteiger partial charge in [0, 0.05) is 0 Å². The van der Waals surface area contributed by atoms with Crippen molar-refractivity contribution in [3.8, 4) is 0 Å². The fraction of sp³-hybridized carbons (Fsp3) is 0.611. The maximum Gasteiger partial charge on any atom is 0.410 e. The third-order valence-electron chi connectivity index (χ3n) is 3.79. The van der Waals surface area contributed by atoms with E-state index in [2.05, 4.69) is 24.3 Å². The van der Waals surface area contributed by atoms with Gasteiger partial charge in [0.1, 0.15) is 5.60 Å². The van der Waals surface area contributed by atoms with Crippen LogP contribution in [0.4, 0.5) is 4.79 Å². The van der Waals surface area contributed by atoms with Crippen LogP contribution in [0, 0.1) is 6.92 Å². The molecular weight excluding hydrogens is 294 g/mol. The van der Waals surface area contributed by atoms with Gasteiger partial charge in [0.2, 0.25) is 0 Å². The molecular formula is C18H27NO4. The van der Waals surface area contributed by atoms with Crippen molar-refractivity contribution in [1.82, 2.24) is 4.90 Å². The van der Waals surface area contributed by atoms with Gasteiger partial charge in [0.05, 0.1) is 31.9 Å². The van der Waals surface area contributed by atoms with Crippen molar-refractivity contribution in [1.29, 1.82) is 0 Å². The van der Waals surface area contributed by atoms with E-state index in [-0.39, 0.29) is 24.8 Å². The molecule has 1 aromatic rings. The molecule has 1 N–H and O–H groups in total. The van der Waals surface area contributed by atoms with Gasteiger partial charge in [-0.05, 0) is 39.7 Å². The van der Waals surface area contributed by atoms with Gasteiger partial charge in [-0.3, -0.25) is 4.90 Å². The van der Waals surface area contributed by atoms with E-state index in [9.17, 15) is 9.90 Å². The van der Waals surface area contributed by atoms with Crippen LogP contribution in [0.3, 0.4) is 0 Å². The Hall–Kier alpha value is -1.59. The molecule has 0 aliphatic carbocycles. The fourth-order valence-electron chi connectivity index (χ4n) is 2.58. The lowest BCUT2D eigenvalue weighted by Crippen LogP contribution is -2.55. The van der Waals surface area contributed by atoms with Crippen molar-refractivity contribution in [2.24, 2.45) is 0 Å². The lowest BCUT2D eigenvalue weighted by atomic mass is 10.0. The van der Waals surface area contributed by atoms with E-state index in [4.69, 9.17) is 9.47 Å². The van der Waals surface area contributed by atoms with E-state index in [0.717, 1.165) is 5.56 Å². The number of amides is 1. The Balaban J connectivity index is 2.11. The summed E-state index contributed by atoms with van der Waals surface area (Å²) >= 11 is 0. The summed E-state index contributed by atoms with van der Waals surface area (Å²) in [5.74, 6) is 0. The minimum atomic E-state index is -0.543. The van der Waals surface area contributed by atoms with Crippen LogP contribution in [0.2, 0.25) is 0 Å². The SMILES string of the molecule is Cc1ccc(C[C@H]2CO[C@@H](CO)CN2C(=O)OC(C)(C)C)cc1. The first kappa shape index (κ1) is 17.8. The average Bonchev–Trinajstić information content (AvgIpc) is 2.48. The number of morpholine rings is 1. The van der Waals surface area contributed by atoms with Crippen LogP contribution in [0.5, 0.6) is 0 Å². The highest BCUT2D eigenvalue weighted by Crippen LogP contribution is 2.20. The summed E-state index contributed by atoms with van der Waals surface area (Å²) in [6.45, 7) is 8.25. The predicted octanol–water partition coefficient (Wildman–Crippen LogP) is 2.53. The van der Waals surface area contributed by atoms with Gasteiger partial charge in [-0.2, -0.15) is 0 Å². The number of ether oxygens (including phenoxy) is 2. The molecule has 0 saturated carbocycles. The van der Waals surface area contributed by atoms with Crippen LogP contribution in [-0.2, 0) is 15.9 Å². The molecule has 0 spiro atoms. The quantitative estimate of drug-likeness (QED) is 0.929. The molecule has 0 unspecified atom stereocenters. The van der Waals surface area contributed by atoms with Gasteiger partial charge in [-0.25, -0.2) is 4.79 Å². The molecule has 2 atom stereocenters. The number of carbonyl (C=O) groups excluding carboxylic acids is 1. The van der Waals surface area contributed by atoms with Crippen molar-refractivity contribution < 1.29 is 19.4 Å². The van der Waals surface area contributed by atoms with Crippen LogP contribution in [0.1, 0.15) is 31.9 Å². The monoisotopic (exact) mass is 321 g/mol. The van der Waals surface area contributed by atoms with E-state index < -0.39 is 5.60 Å². The zero-order valence-electron chi connectivity index (χ0n) is 14.4. The maximum absolute atomic E-state index is 12.5. The highest BCUT2D eigenvalue weighted by atomic mass is 16.6. The van der Waals surface area contributed by atoms with Crippen LogP contribution in [-0.4, -0.2) is 53.6 Å². The Labute approximate surface area is 138 Å². The second kappa shape index (κ2) is 7.32. The third-order valence-corrected chi connectivity index (χ3v) is 3.79. The average molecular weight is 321 g/mol. The van der Waals surface area contributed by atoms with Gasteiger partial charge < -0.3 is 14.6 Å². The molecule has 128 valence electrons. The lowest BCUT2D eigenvalue weighted by molar-refractivity contribution is -0.0843. The Morgan fingerprint density at radius 2 is 2.00 bits per heavy atom. The molecule has 1 amide bonds. The number of nitrogens with zero attached hydrogens (tertiary/aromatic N) is 1. The highest BCUT2D eigenvalue weighted by molar-refractivity contribution is 5.68. The second-order valence-corrected chi connectivity index (χ2v) is 7.11. The Morgan fingerprint density at radius 1 is 1.35 bits per heavy atom. The standard InChI is InChI=1S/C18H27NO4/c1-13-5-7-14(8-6-13)9-15-12-22-16(11-20)10-19(15)17(21)23-18(2,3)4/h5-8,15-16,20H,9-12H2,1-4H3/t15-,16+/m0/s1. The lowest BCUT2D eigenvalue weighted by Gasteiger charge is -2.39. The molecule has 0 bridgehead atoms. The van der Waals surface area contributed by atoms with Crippen molar-refractivity contribution >= 4 is 6.09 Å². The first-order valence-corrected chi connectivity index (χ1v) is 8.06. The molecule has 1 fully saturated rings. The first-order valence-electron chi connectivity index (χ1n) is 8.06. The van der Waals surface area contributed by atoms with Crippen LogP contribution < -0.4 is 0 Å². The fourth-order valence-corrected chi connectivity index (χ4v) is 2.58. The number of aliphatic hydroxyl groups is 1. The summed E-state index contributed by atoms with van der Waals surface area (Å²) in [5.41, 5.74) is 1.82. The van der Waals surface area contributed by atoms with E-state index >= 15 is 0 Å². The molecule has 1 aliphatic rings. The largest absolute Gasteiger partial charge is 0.444 e. The molecule has 0 radical (unpaired) electrons. The van der Waals surface area contributed by atoms with E-state index in [1.54, 1.807) is 4.90 Å². The van der Waals surface area contributed by atoms with Gasteiger partial charge in [-0.15, -0.1) is 0 Å². The number of rotatable bonds is 3. The van der Waals surface area contributed by atoms with E-state index in [0.29, 0.717) is 19.6 Å². The molecule has 2 rings (SSSR count). The molecule has 1 aromatic carbocycles. The summed E-state index contributed by atoms with van der Waals surface area (Å²) in [6, 6.07) is 8.18. The number of aliphatic hydroxyl groups excluding tert-OH is 1. The molecule has 0 aromatic heterocycles. The number of hydrogen-bond acceptors (Lipinski definition) is 4. The minimum Gasteiger partial charge on any atom is -0.444 e. The smallest absolute Gasteiger partial charge is 0.410 e. The maximum atomic E-state index is 12.5. The highest BCUT2D eigenvalue weighted by Gasteiger charge is 2.34. The third kappa shape index (κ3) is 5.22. The minimum absolute atomic E-state index is 0.0876. The Kier molecular flexibility index (Phi) is 5.65. The van der Waals surface area contributed by atoms with E-state index in [1.165, 1.54) is 5.56 Å². The molecule has 1 heterocycles. The zero-order valence-corrected chi connectivity index (χ0v) is 14.4. The van der Waals surface area contributed by atoms with E-state index in [1.807, 2.05) is 27.7 Å². The summed E-state index contributed by atoms with van der Waals surface area (Å²) in [5, 5.41) is 9.33. The van der Waals surface area contributed by atoms with Gasteiger partial charge >= 0.3 is 6.09 Å². The molecule has 23 heavy (non-hydrogen) atoms. The van der Waals surface area contributed by atoms with Crippen molar-refractivity contribution in [3.05, 3.63) is 35.4 Å². The number of hydrogen-bond donors (Lipinski definition) is 1. The number of benzene rings is 1. The van der Waals surface area contributed by atoms with Crippen LogP contribution in [0.25, 0.3) is 0 Å². The normalized spacial score (nSPS) is 22.0. The Morgan fingerprint density at radius 3 is 2.57 bits per heavy atom. The summed E-state index contributed by atoms with van der Waals surface area (Å²) in [7, 11) is 0. The predicted molar refractivity (Wildman–Crippen MR) is 88.4 cm³/mol. The van der Waals surface area contributed by atoms with Gasteiger partial charge in [0.15, 0.2) is 0 Å². The van der Waals surface area contributed by atoms with Crippen molar-refractivity contribution in [2.45, 2.75) is 51.9 Å². The number of carbonyl (C=O) groups is 1. The van der Waals surface area contributed by atoms with Crippen LogP contribution in [0.15, 0.2) is 24.3 Å². The van der Waals surface area contributed by atoms with Crippen molar-refractivity contribution in [2.75, 3.05) is 19.8 Å². The van der Waals surface area contributed by atoms with Gasteiger partial charge in [-0.1, -0.05) is 29.8 Å². The first-order chi connectivity index (χ1) is 10.8. The molecule has 5 heteroatoms. The van der Waals surface area contributed by atoms with Crippen LogP contribution >= 0.6 is 0 Å². The molecule has 5 nitrogen and oxygen atoms in total. The molecule has 1 saturated heterocycles. The Bertz CT molecular complexity index is 521. The topological polar surface area (TPSA) is 59.0 Å². The summed E-state index contributed by atoms with van der Waals surface area (Å²) in [4.78, 5) is 14.2.